The fraction of sp³-hybridized carbons (Fsp3) is 0.636. The van der Waals surface area contributed by atoms with Gasteiger partial charge in [0.05, 0.1) is 23.9 Å². The second kappa shape index (κ2) is 6.61. The summed E-state index contributed by atoms with van der Waals surface area (Å²) in [4.78, 5) is 12.0. The highest BCUT2D eigenvalue weighted by atomic mass is 35.5. The van der Waals surface area contributed by atoms with Gasteiger partial charge in [0.15, 0.2) is 0 Å². The quantitative estimate of drug-likeness (QED) is 0.779. The minimum atomic E-state index is -0.136. The van der Waals surface area contributed by atoms with Gasteiger partial charge < -0.3 is 10.1 Å². The van der Waals surface area contributed by atoms with E-state index in [0.29, 0.717) is 30.2 Å². The van der Waals surface area contributed by atoms with E-state index in [1.165, 1.54) is 0 Å². The number of alkyl halides is 1. The number of aromatic nitrogens is 2. The second-order valence-corrected chi connectivity index (χ2v) is 4.28. The molecule has 0 aliphatic rings. The summed E-state index contributed by atoms with van der Waals surface area (Å²) in [5.74, 6) is 0.350. The molecule has 1 unspecified atom stereocenters. The van der Waals surface area contributed by atoms with Gasteiger partial charge in [0.2, 0.25) is 0 Å². The lowest BCUT2D eigenvalue weighted by molar-refractivity contribution is 0.0894. The third kappa shape index (κ3) is 4.02. The highest BCUT2D eigenvalue weighted by Crippen LogP contribution is 2.06. The second-order valence-electron chi connectivity index (χ2n) is 3.91. The van der Waals surface area contributed by atoms with Crippen molar-refractivity contribution in [1.82, 2.24) is 15.1 Å². The van der Waals surface area contributed by atoms with Crippen LogP contribution in [0.3, 0.4) is 0 Å². The summed E-state index contributed by atoms with van der Waals surface area (Å²) in [6.45, 7) is 2.26. The molecule has 17 heavy (non-hydrogen) atoms. The third-order valence-corrected chi connectivity index (χ3v) is 2.64. The molecule has 0 spiro atoms. The third-order valence-electron chi connectivity index (χ3n) is 2.42. The van der Waals surface area contributed by atoms with Crippen molar-refractivity contribution in [2.24, 2.45) is 7.05 Å². The standard InChI is InChI=1S/C11H18ClN3O2/c1-8-10(6-15(2)14-8)11(16)13-9(4-5-12)7-17-3/h6,9H,4-5,7H2,1-3H3,(H,13,16). The van der Waals surface area contributed by atoms with Crippen LogP contribution in [0.2, 0.25) is 0 Å². The highest BCUT2D eigenvalue weighted by Gasteiger charge is 2.16. The number of halogens is 1. The number of hydrogen-bond acceptors (Lipinski definition) is 3. The van der Waals surface area contributed by atoms with Gasteiger partial charge in [-0.2, -0.15) is 5.10 Å². The molecule has 0 bridgehead atoms. The molecule has 1 rings (SSSR count). The molecule has 96 valence electrons. The Balaban J connectivity index is 2.66. The van der Waals surface area contributed by atoms with Crippen molar-refractivity contribution in [2.45, 2.75) is 19.4 Å². The van der Waals surface area contributed by atoms with Crippen molar-refractivity contribution in [2.75, 3.05) is 19.6 Å². The average molecular weight is 260 g/mol. The smallest absolute Gasteiger partial charge is 0.255 e. The molecule has 0 aliphatic heterocycles. The number of nitrogens with one attached hydrogen (secondary N) is 1. The molecule has 1 amide bonds. The Kier molecular flexibility index (Phi) is 5.44. The fourth-order valence-electron chi connectivity index (χ4n) is 1.62. The molecular weight excluding hydrogens is 242 g/mol. The predicted molar refractivity (Wildman–Crippen MR) is 66.4 cm³/mol. The van der Waals surface area contributed by atoms with E-state index in [1.807, 2.05) is 6.92 Å². The van der Waals surface area contributed by atoms with E-state index in [4.69, 9.17) is 16.3 Å². The van der Waals surface area contributed by atoms with Crippen LogP contribution in [0.25, 0.3) is 0 Å². The Morgan fingerprint density at radius 1 is 1.71 bits per heavy atom. The summed E-state index contributed by atoms with van der Waals surface area (Å²) in [6, 6.07) is -0.0652. The number of aryl methyl sites for hydroxylation is 2. The van der Waals surface area contributed by atoms with Crippen LogP contribution in [0.4, 0.5) is 0 Å². The SMILES string of the molecule is COCC(CCCl)NC(=O)c1cn(C)nc1C. The maximum atomic E-state index is 12.0. The number of amides is 1. The highest BCUT2D eigenvalue weighted by molar-refractivity contribution is 6.17. The van der Waals surface area contributed by atoms with Crippen molar-refractivity contribution < 1.29 is 9.53 Å². The molecule has 5 nitrogen and oxygen atoms in total. The van der Waals surface area contributed by atoms with E-state index in [2.05, 4.69) is 10.4 Å². The normalized spacial score (nSPS) is 12.5. The van der Waals surface area contributed by atoms with Gasteiger partial charge in [0.1, 0.15) is 0 Å². The molecule has 0 fully saturated rings. The van der Waals surface area contributed by atoms with E-state index in [9.17, 15) is 4.79 Å². The largest absolute Gasteiger partial charge is 0.383 e. The van der Waals surface area contributed by atoms with E-state index in [1.54, 1.807) is 25.0 Å². The first-order valence-electron chi connectivity index (χ1n) is 5.44. The molecule has 0 aromatic carbocycles. The Bertz CT molecular complexity index is 373. The van der Waals surface area contributed by atoms with Gasteiger partial charge in [0.25, 0.3) is 5.91 Å². The van der Waals surface area contributed by atoms with Crippen molar-refractivity contribution >= 4 is 17.5 Å². The van der Waals surface area contributed by atoms with Gasteiger partial charge in [-0.05, 0) is 13.3 Å². The molecule has 0 saturated heterocycles. The zero-order valence-corrected chi connectivity index (χ0v) is 11.1. The molecule has 1 N–H and O–H groups in total. The van der Waals surface area contributed by atoms with Crippen LogP contribution < -0.4 is 5.32 Å². The molecule has 1 aromatic rings. The molecule has 0 aliphatic carbocycles. The van der Waals surface area contributed by atoms with Gasteiger partial charge in [0, 0.05) is 26.2 Å². The van der Waals surface area contributed by atoms with Gasteiger partial charge in [-0.25, -0.2) is 0 Å². The first-order valence-corrected chi connectivity index (χ1v) is 5.98. The van der Waals surface area contributed by atoms with Gasteiger partial charge in [-0.1, -0.05) is 0 Å². The number of hydrogen-bond donors (Lipinski definition) is 1. The number of nitrogens with zero attached hydrogens (tertiary/aromatic N) is 2. The summed E-state index contributed by atoms with van der Waals surface area (Å²) in [6.07, 6.45) is 2.38. The van der Waals surface area contributed by atoms with Crippen LogP contribution in [-0.4, -0.2) is 41.3 Å². The van der Waals surface area contributed by atoms with Crippen LogP contribution in [0.5, 0.6) is 0 Å². The first-order chi connectivity index (χ1) is 8.08. The number of carbonyl (C=O) groups excluding carboxylic acids is 1. The number of ether oxygens (including phenoxy) is 1. The zero-order valence-electron chi connectivity index (χ0n) is 10.4. The summed E-state index contributed by atoms with van der Waals surface area (Å²) in [5.41, 5.74) is 1.30. The molecule has 6 heteroatoms. The van der Waals surface area contributed by atoms with Crippen molar-refractivity contribution in [3.63, 3.8) is 0 Å². The van der Waals surface area contributed by atoms with Crippen LogP contribution in [0, 0.1) is 6.92 Å². The van der Waals surface area contributed by atoms with E-state index in [-0.39, 0.29) is 11.9 Å². The van der Waals surface area contributed by atoms with Crippen LogP contribution >= 0.6 is 11.6 Å². The molecule has 1 heterocycles. The Morgan fingerprint density at radius 3 is 2.88 bits per heavy atom. The molecule has 0 saturated carbocycles. The Hall–Kier alpha value is -1.07. The Morgan fingerprint density at radius 2 is 2.41 bits per heavy atom. The summed E-state index contributed by atoms with van der Waals surface area (Å²) in [7, 11) is 3.39. The van der Waals surface area contributed by atoms with Crippen LogP contribution in [-0.2, 0) is 11.8 Å². The minimum absolute atomic E-state index is 0.0652. The fourth-order valence-corrected chi connectivity index (χ4v) is 1.88. The molecule has 0 radical (unpaired) electrons. The monoisotopic (exact) mass is 259 g/mol. The Labute approximate surface area is 106 Å². The van der Waals surface area contributed by atoms with E-state index >= 15 is 0 Å². The number of carbonyl (C=O) groups is 1. The first kappa shape index (κ1) is 14.0. The van der Waals surface area contributed by atoms with Crippen molar-refractivity contribution in [3.8, 4) is 0 Å². The molecule has 1 aromatic heterocycles. The summed E-state index contributed by atoms with van der Waals surface area (Å²) in [5, 5.41) is 7.02. The zero-order chi connectivity index (χ0) is 12.8. The van der Waals surface area contributed by atoms with Crippen LogP contribution in [0.15, 0.2) is 6.20 Å². The van der Waals surface area contributed by atoms with Gasteiger partial charge >= 0.3 is 0 Å². The van der Waals surface area contributed by atoms with Gasteiger partial charge in [-0.15, -0.1) is 11.6 Å². The number of rotatable bonds is 6. The lowest BCUT2D eigenvalue weighted by Crippen LogP contribution is -2.38. The van der Waals surface area contributed by atoms with E-state index in [0.717, 1.165) is 0 Å². The van der Waals surface area contributed by atoms with Gasteiger partial charge in [-0.3, -0.25) is 9.48 Å². The number of methoxy groups -OCH3 is 1. The average Bonchev–Trinajstić information content (AvgIpc) is 2.58. The maximum Gasteiger partial charge on any atom is 0.255 e. The maximum absolute atomic E-state index is 12.0. The summed E-state index contributed by atoms with van der Waals surface area (Å²) >= 11 is 5.67. The topological polar surface area (TPSA) is 56.1 Å². The van der Waals surface area contributed by atoms with E-state index < -0.39 is 0 Å². The summed E-state index contributed by atoms with van der Waals surface area (Å²) < 4.78 is 6.66. The lowest BCUT2D eigenvalue weighted by atomic mass is 10.2. The lowest BCUT2D eigenvalue weighted by Gasteiger charge is -2.16. The van der Waals surface area contributed by atoms with Crippen LogP contribution in [0.1, 0.15) is 22.5 Å². The van der Waals surface area contributed by atoms with Crippen molar-refractivity contribution in [3.05, 3.63) is 17.5 Å². The van der Waals surface area contributed by atoms with Crippen molar-refractivity contribution in [1.29, 1.82) is 0 Å². The molecular formula is C11H18ClN3O2. The minimum Gasteiger partial charge on any atom is -0.383 e. The predicted octanol–water partition coefficient (Wildman–Crippen LogP) is 1.10. The molecule has 1 atom stereocenters.